The van der Waals surface area contributed by atoms with Crippen molar-refractivity contribution in [1.29, 1.82) is 0 Å². The van der Waals surface area contributed by atoms with Gasteiger partial charge in [-0.2, -0.15) is 0 Å². The van der Waals surface area contributed by atoms with Crippen LogP contribution >= 0.6 is 0 Å². The number of anilines is 1. The molecule has 3 rings (SSSR count). The van der Waals surface area contributed by atoms with Crippen molar-refractivity contribution in [1.82, 2.24) is 0 Å². The van der Waals surface area contributed by atoms with Crippen LogP contribution in [-0.4, -0.2) is 44.3 Å². The predicted molar refractivity (Wildman–Crippen MR) is 132 cm³/mol. The zero-order chi connectivity index (χ0) is 26.3. The number of aliphatic carboxylic acids is 1. The molecular formula is C26H27NO8S. The van der Waals surface area contributed by atoms with Gasteiger partial charge in [0.15, 0.2) is 0 Å². The van der Waals surface area contributed by atoms with E-state index < -0.39 is 21.8 Å². The lowest BCUT2D eigenvalue weighted by atomic mass is 9.97. The minimum Gasteiger partial charge on any atom is -0.497 e. The summed E-state index contributed by atoms with van der Waals surface area (Å²) in [5, 5.41) is 18.8. The zero-order valence-corrected chi connectivity index (χ0v) is 20.5. The van der Waals surface area contributed by atoms with Crippen LogP contribution in [0.2, 0.25) is 0 Å². The van der Waals surface area contributed by atoms with Gasteiger partial charge in [0, 0.05) is 18.4 Å². The molecule has 0 saturated heterocycles. The Morgan fingerprint density at radius 3 is 2.22 bits per heavy atom. The smallest absolute Gasteiger partial charge is 0.336 e. The second kappa shape index (κ2) is 11.6. The zero-order valence-electron chi connectivity index (χ0n) is 19.6. The number of sulfone groups is 1. The number of hydrogen-bond donors (Lipinski definition) is 3. The summed E-state index contributed by atoms with van der Waals surface area (Å²) in [7, 11) is -2.76. The van der Waals surface area contributed by atoms with Gasteiger partial charge in [-0.15, -0.1) is 0 Å². The Labute approximate surface area is 209 Å². The molecule has 4 N–H and O–H groups in total. The van der Waals surface area contributed by atoms with Crippen molar-refractivity contribution < 1.29 is 37.7 Å². The fourth-order valence-corrected chi connectivity index (χ4v) is 5.08. The third-order valence-corrected chi connectivity index (χ3v) is 7.34. The molecule has 0 spiro atoms. The summed E-state index contributed by atoms with van der Waals surface area (Å²) in [6.07, 6.45) is 0.773. The van der Waals surface area contributed by atoms with Gasteiger partial charge >= 0.3 is 11.9 Å². The molecule has 3 aromatic rings. The van der Waals surface area contributed by atoms with Crippen LogP contribution in [0.15, 0.2) is 70.5 Å². The summed E-state index contributed by atoms with van der Waals surface area (Å²) in [6.45, 7) is 0.0321. The highest BCUT2D eigenvalue weighted by Gasteiger charge is 2.29. The van der Waals surface area contributed by atoms with Gasteiger partial charge in [0.05, 0.1) is 34.8 Å². The van der Waals surface area contributed by atoms with E-state index in [2.05, 4.69) is 0 Å². The SMILES string of the molecule is COc1ccc(S(=O)(=O)c2cc(C(=O)O)c(Cc3ccccc3)c(OCCCCC(=O)O)c2N)cc1. The molecule has 9 nitrogen and oxygen atoms in total. The van der Waals surface area contributed by atoms with Crippen molar-refractivity contribution in [2.45, 2.75) is 35.5 Å². The van der Waals surface area contributed by atoms with E-state index in [9.17, 15) is 23.1 Å². The van der Waals surface area contributed by atoms with E-state index in [0.29, 0.717) is 18.6 Å². The first-order chi connectivity index (χ1) is 17.1. The maximum absolute atomic E-state index is 13.5. The third-order valence-electron chi connectivity index (χ3n) is 5.53. The van der Waals surface area contributed by atoms with Crippen LogP contribution in [0.25, 0.3) is 0 Å². The van der Waals surface area contributed by atoms with Crippen molar-refractivity contribution in [3.8, 4) is 11.5 Å². The normalized spacial score (nSPS) is 11.1. The van der Waals surface area contributed by atoms with Gasteiger partial charge in [-0.1, -0.05) is 30.3 Å². The molecule has 0 unspecified atom stereocenters. The van der Waals surface area contributed by atoms with E-state index >= 15 is 0 Å². The number of carbonyl (C=O) groups is 2. The number of unbranched alkanes of at least 4 members (excludes halogenated alkanes) is 1. The average Bonchev–Trinajstić information content (AvgIpc) is 2.85. The number of aromatic carboxylic acids is 1. The Morgan fingerprint density at radius 1 is 0.972 bits per heavy atom. The molecule has 0 heterocycles. The van der Waals surface area contributed by atoms with Gasteiger partial charge in [0.1, 0.15) is 11.5 Å². The Morgan fingerprint density at radius 2 is 1.64 bits per heavy atom. The topological polar surface area (TPSA) is 153 Å². The van der Waals surface area contributed by atoms with Crippen molar-refractivity contribution in [2.24, 2.45) is 0 Å². The number of nitrogens with two attached hydrogens (primary N) is 1. The maximum atomic E-state index is 13.5. The van der Waals surface area contributed by atoms with Gasteiger partial charge in [-0.25, -0.2) is 13.2 Å². The number of benzene rings is 3. The predicted octanol–water partition coefficient (Wildman–Crippen LogP) is 4.03. The first-order valence-corrected chi connectivity index (χ1v) is 12.6. The summed E-state index contributed by atoms with van der Waals surface area (Å²) in [5.41, 5.74) is 6.89. The first kappa shape index (κ1) is 26.6. The first-order valence-electron chi connectivity index (χ1n) is 11.1. The Hall–Kier alpha value is -4.05. The maximum Gasteiger partial charge on any atom is 0.336 e. The van der Waals surface area contributed by atoms with Crippen LogP contribution in [0.5, 0.6) is 11.5 Å². The average molecular weight is 514 g/mol. The number of methoxy groups -OCH3 is 1. The second-order valence-electron chi connectivity index (χ2n) is 7.99. The van der Waals surface area contributed by atoms with Crippen molar-refractivity contribution in [3.63, 3.8) is 0 Å². The summed E-state index contributed by atoms with van der Waals surface area (Å²) < 4.78 is 37.9. The molecule has 36 heavy (non-hydrogen) atoms. The highest BCUT2D eigenvalue weighted by molar-refractivity contribution is 7.91. The molecule has 0 bridgehead atoms. The van der Waals surface area contributed by atoms with Gasteiger partial charge in [0.2, 0.25) is 9.84 Å². The molecule has 3 aromatic carbocycles. The monoisotopic (exact) mass is 513 g/mol. The highest BCUT2D eigenvalue weighted by atomic mass is 32.2. The molecule has 0 radical (unpaired) electrons. The van der Waals surface area contributed by atoms with Crippen LogP contribution < -0.4 is 15.2 Å². The number of rotatable bonds is 12. The molecule has 0 amide bonds. The lowest BCUT2D eigenvalue weighted by Gasteiger charge is -2.20. The second-order valence-corrected chi connectivity index (χ2v) is 9.91. The van der Waals surface area contributed by atoms with E-state index in [1.807, 2.05) is 6.07 Å². The minimum absolute atomic E-state index is 0.0321. The fourth-order valence-electron chi connectivity index (χ4n) is 3.68. The van der Waals surface area contributed by atoms with E-state index in [-0.39, 0.29) is 51.8 Å². The molecule has 0 atom stereocenters. The van der Waals surface area contributed by atoms with Crippen LogP contribution in [0.3, 0.4) is 0 Å². The van der Waals surface area contributed by atoms with Gasteiger partial charge in [0.25, 0.3) is 0 Å². The molecule has 0 fully saturated rings. The number of ether oxygens (including phenoxy) is 2. The van der Waals surface area contributed by atoms with E-state index in [1.54, 1.807) is 24.3 Å². The summed E-state index contributed by atoms with van der Waals surface area (Å²) in [6, 6.07) is 15.7. The lowest BCUT2D eigenvalue weighted by Crippen LogP contribution is -2.15. The summed E-state index contributed by atoms with van der Waals surface area (Å²) in [4.78, 5) is 22.6. The minimum atomic E-state index is -4.21. The molecular weight excluding hydrogens is 486 g/mol. The van der Waals surface area contributed by atoms with Gasteiger partial charge < -0.3 is 25.4 Å². The molecule has 10 heteroatoms. The van der Waals surface area contributed by atoms with Gasteiger partial charge in [-0.05, 0) is 48.7 Å². The Balaban J connectivity index is 2.12. The lowest BCUT2D eigenvalue weighted by molar-refractivity contribution is -0.137. The van der Waals surface area contributed by atoms with Crippen LogP contribution in [0.1, 0.15) is 40.7 Å². The third kappa shape index (κ3) is 6.14. The van der Waals surface area contributed by atoms with E-state index in [0.717, 1.165) is 11.6 Å². The molecule has 0 aliphatic carbocycles. The Bertz CT molecular complexity index is 1340. The largest absolute Gasteiger partial charge is 0.497 e. The van der Waals surface area contributed by atoms with Gasteiger partial charge in [-0.3, -0.25) is 4.79 Å². The highest BCUT2D eigenvalue weighted by Crippen LogP contribution is 2.39. The van der Waals surface area contributed by atoms with Crippen LogP contribution in [0.4, 0.5) is 5.69 Å². The standard InChI is InChI=1S/C26H27NO8S/c1-34-18-10-12-19(13-11-18)36(32,33)22-16-21(26(30)31)20(15-17-7-3-2-4-8-17)25(24(22)27)35-14-6-5-9-23(28)29/h2-4,7-8,10-13,16H,5-6,9,14-15,27H2,1H3,(H,28,29)(H,30,31). The van der Waals surface area contributed by atoms with Crippen molar-refractivity contribution >= 4 is 27.5 Å². The molecule has 0 aliphatic heterocycles. The van der Waals surface area contributed by atoms with E-state index in [1.165, 1.54) is 31.4 Å². The quantitative estimate of drug-likeness (QED) is 0.240. The number of carboxylic acids is 2. The summed E-state index contributed by atoms with van der Waals surface area (Å²) >= 11 is 0. The van der Waals surface area contributed by atoms with Crippen molar-refractivity contribution in [3.05, 3.63) is 77.4 Å². The number of nitrogen functional groups attached to an aromatic ring is 1. The van der Waals surface area contributed by atoms with E-state index in [4.69, 9.17) is 20.3 Å². The molecule has 0 saturated carbocycles. The molecule has 0 aliphatic rings. The fraction of sp³-hybridized carbons (Fsp3) is 0.231. The molecule has 0 aromatic heterocycles. The number of carboxylic acid groups (broad SMARTS) is 2. The van der Waals surface area contributed by atoms with Crippen LogP contribution in [0, 0.1) is 0 Å². The molecule has 190 valence electrons. The Kier molecular flexibility index (Phi) is 8.55. The summed E-state index contributed by atoms with van der Waals surface area (Å²) in [5.74, 6) is -1.86. The van der Waals surface area contributed by atoms with Crippen LogP contribution in [-0.2, 0) is 21.1 Å². The number of hydrogen-bond acceptors (Lipinski definition) is 7. The van der Waals surface area contributed by atoms with Crippen molar-refractivity contribution in [2.75, 3.05) is 19.5 Å².